The average molecular weight is 383 g/mol. The first-order valence-electron chi connectivity index (χ1n) is 8.01. The third-order valence-corrected chi connectivity index (χ3v) is 5.19. The van der Waals surface area contributed by atoms with Crippen LogP contribution in [0.4, 0.5) is 5.82 Å². The molecule has 0 fully saturated rings. The van der Waals surface area contributed by atoms with Gasteiger partial charge >= 0.3 is 0 Å². The van der Waals surface area contributed by atoms with Gasteiger partial charge in [0.25, 0.3) is 5.91 Å². The number of amides is 1. The van der Waals surface area contributed by atoms with Crippen molar-refractivity contribution < 1.29 is 4.79 Å². The number of fused-ring (bicyclic) bond motifs is 1. The Kier molecular flexibility index (Phi) is 4.22. The predicted molar refractivity (Wildman–Crippen MR) is 106 cm³/mol. The Morgan fingerprint density at radius 2 is 1.96 bits per heavy atom. The van der Waals surface area contributed by atoms with Gasteiger partial charge in [0.2, 0.25) is 5.13 Å². The lowest BCUT2D eigenvalue weighted by atomic mass is 10.1. The van der Waals surface area contributed by atoms with Crippen LogP contribution in [0.1, 0.15) is 21.6 Å². The second-order valence-corrected chi connectivity index (χ2v) is 7.41. The summed E-state index contributed by atoms with van der Waals surface area (Å²) in [5.41, 5.74) is 3.15. The minimum atomic E-state index is -0.186. The van der Waals surface area contributed by atoms with Crippen LogP contribution in [-0.2, 0) is 0 Å². The van der Waals surface area contributed by atoms with Crippen LogP contribution in [0.25, 0.3) is 15.3 Å². The van der Waals surface area contributed by atoms with E-state index in [2.05, 4.69) is 15.4 Å². The Hall–Kier alpha value is -2.70. The summed E-state index contributed by atoms with van der Waals surface area (Å²) in [6.45, 7) is 3.83. The van der Waals surface area contributed by atoms with Gasteiger partial charge < -0.3 is 5.32 Å². The van der Waals surface area contributed by atoms with E-state index >= 15 is 0 Å². The van der Waals surface area contributed by atoms with E-state index in [4.69, 9.17) is 11.6 Å². The summed E-state index contributed by atoms with van der Waals surface area (Å²) in [5, 5.41) is 8.65. The fourth-order valence-corrected chi connectivity index (χ4v) is 3.93. The van der Waals surface area contributed by atoms with E-state index in [1.165, 1.54) is 11.3 Å². The largest absolute Gasteiger partial charge is 0.306 e. The van der Waals surface area contributed by atoms with Crippen molar-refractivity contribution in [3.8, 4) is 5.13 Å². The molecule has 0 bridgehead atoms. The van der Waals surface area contributed by atoms with E-state index < -0.39 is 0 Å². The third kappa shape index (κ3) is 3.09. The highest BCUT2D eigenvalue weighted by molar-refractivity contribution is 7.20. The van der Waals surface area contributed by atoms with E-state index in [0.29, 0.717) is 21.5 Å². The highest BCUT2D eigenvalue weighted by atomic mass is 35.5. The SMILES string of the molecule is Cc1cccc(C(=O)Nc2cc(C)nn2-c2nc3c(Cl)cccc3s2)c1. The van der Waals surface area contributed by atoms with Crippen LogP contribution in [0.15, 0.2) is 48.5 Å². The summed E-state index contributed by atoms with van der Waals surface area (Å²) in [6, 6.07) is 14.9. The van der Waals surface area contributed by atoms with Crippen LogP contribution >= 0.6 is 22.9 Å². The molecule has 2 aromatic heterocycles. The highest BCUT2D eigenvalue weighted by Crippen LogP contribution is 2.31. The molecule has 0 atom stereocenters. The smallest absolute Gasteiger partial charge is 0.256 e. The average Bonchev–Trinajstić information content (AvgIpc) is 3.19. The van der Waals surface area contributed by atoms with E-state index in [1.807, 2.05) is 56.3 Å². The van der Waals surface area contributed by atoms with Crippen molar-refractivity contribution in [3.05, 3.63) is 70.4 Å². The van der Waals surface area contributed by atoms with Gasteiger partial charge in [-0.2, -0.15) is 9.78 Å². The van der Waals surface area contributed by atoms with E-state index in [-0.39, 0.29) is 5.91 Å². The zero-order chi connectivity index (χ0) is 18.3. The second kappa shape index (κ2) is 6.55. The van der Waals surface area contributed by atoms with Gasteiger partial charge in [-0.1, -0.05) is 46.7 Å². The Balaban J connectivity index is 1.72. The minimum Gasteiger partial charge on any atom is -0.306 e. The normalized spacial score (nSPS) is 11.0. The molecule has 1 amide bonds. The number of rotatable bonds is 3. The zero-order valence-electron chi connectivity index (χ0n) is 14.2. The monoisotopic (exact) mass is 382 g/mol. The van der Waals surface area contributed by atoms with E-state index in [1.54, 1.807) is 10.7 Å². The number of aromatic nitrogens is 3. The molecule has 0 saturated heterocycles. The molecule has 26 heavy (non-hydrogen) atoms. The van der Waals surface area contributed by atoms with Crippen LogP contribution in [0, 0.1) is 13.8 Å². The molecule has 2 aromatic carbocycles. The van der Waals surface area contributed by atoms with Crippen LogP contribution in [0.3, 0.4) is 0 Å². The molecule has 0 aliphatic rings. The number of halogens is 1. The first-order valence-corrected chi connectivity index (χ1v) is 9.21. The van der Waals surface area contributed by atoms with Crippen molar-refractivity contribution in [3.63, 3.8) is 0 Å². The highest BCUT2D eigenvalue weighted by Gasteiger charge is 2.16. The van der Waals surface area contributed by atoms with Crippen LogP contribution < -0.4 is 5.32 Å². The van der Waals surface area contributed by atoms with Crippen molar-refractivity contribution in [1.29, 1.82) is 0 Å². The number of hydrogen-bond donors (Lipinski definition) is 1. The third-order valence-electron chi connectivity index (χ3n) is 3.89. The topological polar surface area (TPSA) is 59.8 Å². The van der Waals surface area contributed by atoms with Crippen LogP contribution in [-0.4, -0.2) is 20.7 Å². The second-order valence-electron chi connectivity index (χ2n) is 5.99. The number of benzene rings is 2. The summed E-state index contributed by atoms with van der Waals surface area (Å²) in [6.07, 6.45) is 0. The Labute approximate surface area is 159 Å². The van der Waals surface area contributed by atoms with Crippen molar-refractivity contribution >= 4 is 44.9 Å². The maximum atomic E-state index is 12.6. The van der Waals surface area contributed by atoms with Gasteiger partial charge in [-0.05, 0) is 38.1 Å². The fourth-order valence-electron chi connectivity index (χ4n) is 2.70. The molecule has 5 nitrogen and oxygen atoms in total. The molecule has 7 heteroatoms. The number of nitrogens with zero attached hydrogens (tertiary/aromatic N) is 3. The van der Waals surface area contributed by atoms with Crippen molar-refractivity contribution in [2.45, 2.75) is 13.8 Å². The number of carbonyl (C=O) groups excluding carboxylic acids is 1. The minimum absolute atomic E-state index is 0.186. The lowest BCUT2D eigenvalue weighted by molar-refractivity contribution is 0.102. The molecule has 4 aromatic rings. The summed E-state index contributed by atoms with van der Waals surface area (Å²) < 4.78 is 2.61. The molecule has 0 spiro atoms. The van der Waals surface area contributed by atoms with E-state index in [9.17, 15) is 4.79 Å². The van der Waals surface area contributed by atoms with Gasteiger partial charge in [0.1, 0.15) is 11.3 Å². The molecular formula is C19H15ClN4OS. The number of para-hydroxylation sites is 1. The molecule has 0 radical (unpaired) electrons. The number of hydrogen-bond acceptors (Lipinski definition) is 4. The number of anilines is 1. The van der Waals surface area contributed by atoms with Gasteiger partial charge in [0.05, 0.1) is 15.4 Å². The van der Waals surface area contributed by atoms with Crippen molar-refractivity contribution in [2.75, 3.05) is 5.32 Å². The summed E-state index contributed by atoms with van der Waals surface area (Å²) in [5.74, 6) is 0.387. The van der Waals surface area contributed by atoms with Crippen LogP contribution in [0.2, 0.25) is 5.02 Å². The predicted octanol–water partition coefficient (Wildman–Crippen LogP) is 5.00. The van der Waals surface area contributed by atoms with Gasteiger partial charge in [-0.15, -0.1) is 0 Å². The quantitative estimate of drug-likeness (QED) is 0.542. The molecule has 2 heterocycles. The molecule has 4 rings (SSSR count). The number of nitrogens with one attached hydrogen (secondary N) is 1. The van der Waals surface area contributed by atoms with E-state index in [0.717, 1.165) is 21.5 Å². The lowest BCUT2D eigenvalue weighted by Gasteiger charge is -2.07. The molecule has 0 unspecified atom stereocenters. The zero-order valence-corrected chi connectivity index (χ0v) is 15.7. The molecule has 0 aliphatic heterocycles. The first kappa shape index (κ1) is 16.8. The van der Waals surface area contributed by atoms with Crippen LogP contribution in [0.5, 0.6) is 0 Å². The molecule has 130 valence electrons. The maximum Gasteiger partial charge on any atom is 0.256 e. The van der Waals surface area contributed by atoms with Gasteiger partial charge in [0.15, 0.2) is 0 Å². The van der Waals surface area contributed by atoms with Crippen molar-refractivity contribution in [2.24, 2.45) is 0 Å². The van der Waals surface area contributed by atoms with Gasteiger partial charge in [0, 0.05) is 11.6 Å². The molecule has 1 N–H and O–H groups in total. The Morgan fingerprint density at radius 1 is 1.15 bits per heavy atom. The summed E-state index contributed by atoms with van der Waals surface area (Å²) >= 11 is 7.70. The fraction of sp³-hybridized carbons (Fsp3) is 0.105. The van der Waals surface area contributed by atoms with Gasteiger partial charge in [-0.25, -0.2) is 4.98 Å². The number of carbonyl (C=O) groups is 1. The Morgan fingerprint density at radius 3 is 2.73 bits per heavy atom. The number of aryl methyl sites for hydroxylation is 2. The first-order chi connectivity index (χ1) is 12.5. The summed E-state index contributed by atoms with van der Waals surface area (Å²) in [7, 11) is 0. The molecule has 0 aliphatic carbocycles. The molecule has 0 saturated carbocycles. The van der Waals surface area contributed by atoms with Crippen molar-refractivity contribution in [1.82, 2.24) is 14.8 Å². The maximum absolute atomic E-state index is 12.6. The number of thiazole rings is 1. The molecular weight excluding hydrogens is 368 g/mol. The van der Waals surface area contributed by atoms with Gasteiger partial charge in [-0.3, -0.25) is 4.79 Å². The lowest BCUT2D eigenvalue weighted by Crippen LogP contribution is -2.15. The Bertz CT molecular complexity index is 1130. The standard InChI is InChI=1S/C19H15ClN4OS/c1-11-5-3-6-13(9-11)18(25)21-16-10-12(2)23-24(16)19-22-17-14(20)7-4-8-15(17)26-19/h3-10H,1-2H3,(H,21,25). The summed E-state index contributed by atoms with van der Waals surface area (Å²) in [4.78, 5) is 17.2.